The van der Waals surface area contributed by atoms with Crippen LogP contribution < -0.4 is 11.3 Å². The van der Waals surface area contributed by atoms with Crippen LogP contribution >= 0.6 is 0 Å². The molecule has 0 radical (unpaired) electrons. The molecular weight excluding hydrogens is 302 g/mol. The van der Waals surface area contributed by atoms with Crippen LogP contribution in [0.15, 0.2) is 41.9 Å². The van der Waals surface area contributed by atoms with Gasteiger partial charge >= 0.3 is 0 Å². The Bertz CT molecular complexity index is 549. The average Bonchev–Trinajstić information content (AvgIpc) is 2.60. The van der Waals surface area contributed by atoms with E-state index in [1.165, 1.54) is 10.7 Å². The fraction of sp³-hybridized carbons (Fsp3) is 0.556. The Morgan fingerprint density at radius 1 is 1.33 bits per heavy atom. The summed E-state index contributed by atoms with van der Waals surface area (Å²) in [6.45, 7) is 13.1. The van der Waals surface area contributed by atoms with E-state index in [9.17, 15) is 4.79 Å². The van der Waals surface area contributed by atoms with Gasteiger partial charge in [0.2, 0.25) is 0 Å². The molecule has 1 aromatic rings. The zero-order valence-electron chi connectivity index (χ0n) is 15.8. The van der Waals surface area contributed by atoms with Gasteiger partial charge in [0.25, 0.3) is 5.56 Å². The molecule has 0 saturated heterocycles. The quantitative estimate of drug-likeness (QED) is 0.735. The van der Waals surface area contributed by atoms with Crippen LogP contribution in [-0.4, -0.2) is 53.3 Å². The molecule has 1 rings (SSSR count). The van der Waals surface area contributed by atoms with Crippen molar-refractivity contribution in [2.45, 2.75) is 33.4 Å². The second-order valence-electron chi connectivity index (χ2n) is 5.52. The van der Waals surface area contributed by atoms with Gasteiger partial charge in [-0.05, 0) is 45.4 Å². The summed E-state index contributed by atoms with van der Waals surface area (Å²) >= 11 is 0. The zero-order valence-corrected chi connectivity index (χ0v) is 15.8. The molecule has 0 spiro atoms. The average molecular weight is 335 g/mol. The Balaban J connectivity index is 0.000000754. The Labute approximate surface area is 146 Å². The number of hydrogen-bond acceptors (Lipinski definition) is 5. The Kier molecular flexibility index (Phi) is 11.5. The van der Waals surface area contributed by atoms with E-state index in [2.05, 4.69) is 37.5 Å². The van der Waals surface area contributed by atoms with Crippen molar-refractivity contribution in [3.05, 3.63) is 53.1 Å². The van der Waals surface area contributed by atoms with Crippen molar-refractivity contribution in [2.75, 3.05) is 33.7 Å². The summed E-state index contributed by atoms with van der Waals surface area (Å²) in [4.78, 5) is 15.8. The van der Waals surface area contributed by atoms with Crippen LogP contribution in [0.2, 0.25) is 0 Å². The van der Waals surface area contributed by atoms with Crippen LogP contribution in [0.3, 0.4) is 0 Å². The highest BCUT2D eigenvalue weighted by molar-refractivity contribution is 5.08. The molecule has 2 N–H and O–H groups in total. The summed E-state index contributed by atoms with van der Waals surface area (Å²) in [5.74, 6) is 0. The van der Waals surface area contributed by atoms with Crippen LogP contribution in [0.25, 0.3) is 0 Å². The van der Waals surface area contributed by atoms with Crippen molar-refractivity contribution in [2.24, 2.45) is 5.73 Å². The van der Waals surface area contributed by atoms with Crippen molar-refractivity contribution in [3.8, 4) is 0 Å². The SMILES string of the molecule is C=C/C=C\N(C)C(C)c1ccc(=O)n(CCN)n1.CCN(C)CC. The maximum Gasteiger partial charge on any atom is 0.266 e. The molecule has 136 valence electrons. The molecule has 0 fully saturated rings. The third-order valence-corrected chi connectivity index (χ3v) is 3.80. The molecule has 0 aliphatic heterocycles. The van der Waals surface area contributed by atoms with Gasteiger partial charge in [-0.1, -0.05) is 26.5 Å². The Morgan fingerprint density at radius 3 is 2.42 bits per heavy atom. The van der Waals surface area contributed by atoms with E-state index in [4.69, 9.17) is 5.73 Å². The van der Waals surface area contributed by atoms with Crippen molar-refractivity contribution < 1.29 is 0 Å². The Hall–Kier alpha value is -1.92. The van der Waals surface area contributed by atoms with Crippen molar-refractivity contribution >= 4 is 0 Å². The summed E-state index contributed by atoms with van der Waals surface area (Å²) in [5.41, 5.74) is 6.16. The third kappa shape index (κ3) is 8.08. The van der Waals surface area contributed by atoms with Gasteiger partial charge in [0.1, 0.15) is 0 Å². The molecule has 0 amide bonds. The molecule has 1 aromatic heterocycles. The number of nitrogens with zero attached hydrogens (tertiary/aromatic N) is 4. The van der Waals surface area contributed by atoms with Gasteiger partial charge < -0.3 is 15.5 Å². The predicted octanol–water partition coefficient (Wildman–Crippen LogP) is 1.85. The van der Waals surface area contributed by atoms with Crippen molar-refractivity contribution in [1.82, 2.24) is 19.6 Å². The Morgan fingerprint density at radius 2 is 1.96 bits per heavy atom. The monoisotopic (exact) mass is 335 g/mol. The van der Waals surface area contributed by atoms with E-state index in [0.717, 1.165) is 18.8 Å². The first kappa shape index (κ1) is 22.1. The molecule has 0 saturated carbocycles. The lowest BCUT2D eigenvalue weighted by atomic mass is 10.2. The molecular formula is C18H33N5O. The highest BCUT2D eigenvalue weighted by Gasteiger charge is 2.11. The maximum atomic E-state index is 11.5. The lowest BCUT2D eigenvalue weighted by molar-refractivity contribution is 0.346. The van der Waals surface area contributed by atoms with Crippen molar-refractivity contribution in [3.63, 3.8) is 0 Å². The molecule has 0 aliphatic rings. The molecule has 6 heteroatoms. The topological polar surface area (TPSA) is 67.4 Å². The molecule has 24 heavy (non-hydrogen) atoms. The molecule has 1 unspecified atom stereocenters. The molecule has 1 heterocycles. The van der Waals surface area contributed by atoms with E-state index in [1.54, 1.807) is 12.1 Å². The van der Waals surface area contributed by atoms with Gasteiger partial charge in [0, 0.05) is 19.7 Å². The second-order valence-corrected chi connectivity index (χ2v) is 5.52. The summed E-state index contributed by atoms with van der Waals surface area (Å²) in [7, 11) is 4.06. The van der Waals surface area contributed by atoms with E-state index >= 15 is 0 Å². The van der Waals surface area contributed by atoms with Crippen molar-refractivity contribution in [1.29, 1.82) is 0 Å². The highest BCUT2D eigenvalue weighted by Crippen LogP contribution is 2.15. The maximum absolute atomic E-state index is 11.5. The molecule has 0 aromatic carbocycles. The van der Waals surface area contributed by atoms with E-state index in [-0.39, 0.29) is 11.6 Å². The van der Waals surface area contributed by atoms with Crippen LogP contribution in [0.1, 0.15) is 32.5 Å². The number of aromatic nitrogens is 2. The van der Waals surface area contributed by atoms with E-state index < -0.39 is 0 Å². The van der Waals surface area contributed by atoms with E-state index in [0.29, 0.717) is 13.1 Å². The van der Waals surface area contributed by atoms with Gasteiger partial charge in [-0.3, -0.25) is 4.79 Å². The fourth-order valence-corrected chi connectivity index (χ4v) is 1.73. The zero-order chi connectivity index (χ0) is 18.5. The normalized spacial score (nSPS) is 12.0. The number of allylic oxidation sites excluding steroid dienone is 2. The van der Waals surface area contributed by atoms with Crippen LogP contribution in [-0.2, 0) is 6.54 Å². The summed E-state index contributed by atoms with van der Waals surface area (Å²) < 4.78 is 1.40. The lowest BCUT2D eigenvalue weighted by Gasteiger charge is -2.22. The number of hydrogen-bond donors (Lipinski definition) is 1. The molecule has 0 bridgehead atoms. The molecule has 0 aliphatic carbocycles. The van der Waals surface area contributed by atoms with E-state index in [1.807, 2.05) is 31.1 Å². The fourth-order valence-electron chi connectivity index (χ4n) is 1.73. The first-order valence-electron chi connectivity index (χ1n) is 8.38. The molecule has 6 nitrogen and oxygen atoms in total. The first-order chi connectivity index (χ1) is 11.4. The van der Waals surface area contributed by atoms with Gasteiger partial charge in [-0.25, -0.2) is 4.68 Å². The minimum atomic E-state index is -0.124. The van der Waals surface area contributed by atoms with Crippen LogP contribution in [0, 0.1) is 0 Å². The lowest BCUT2D eigenvalue weighted by Crippen LogP contribution is -2.28. The summed E-state index contributed by atoms with van der Waals surface area (Å²) in [5, 5.41) is 4.31. The minimum Gasteiger partial charge on any atom is -0.372 e. The smallest absolute Gasteiger partial charge is 0.266 e. The largest absolute Gasteiger partial charge is 0.372 e. The highest BCUT2D eigenvalue weighted by atomic mass is 16.1. The van der Waals surface area contributed by atoms with Gasteiger partial charge in [-0.15, -0.1) is 0 Å². The van der Waals surface area contributed by atoms with Crippen LogP contribution in [0.4, 0.5) is 0 Å². The predicted molar refractivity (Wildman–Crippen MR) is 102 cm³/mol. The van der Waals surface area contributed by atoms with Gasteiger partial charge in [-0.2, -0.15) is 5.10 Å². The molecule has 1 atom stereocenters. The van der Waals surface area contributed by atoms with Crippen LogP contribution in [0.5, 0.6) is 0 Å². The number of rotatable bonds is 8. The summed E-state index contributed by atoms with van der Waals surface area (Å²) in [6.07, 6.45) is 5.48. The van der Waals surface area contributed by atoms with Gasteiger partial charge in [0.05, 0.1) is 18.3 Å². The number of nitrogens with two attached hydrogens (primary N) is 1. The summed E-state index contributed by atoms with van der Waals surface area (Å²) in [6, 6.07) is 3.35. The third-order valence-electron chi connectivity index (χ3n) is 3.80. The van der Waals surface area contributed by atoms with Gasteiger partial charge in [0.15, 0.2) is 0 Å². The minimum absolute atomic E-state index is 0.0748. The first-order valence-corrected chi connectivity index (χ1v) is 8.38. The second kappa shape index (κ2) is 12.5. The standard InChI is InChI=1S/C13H20N4O.C5H13N/c1-4-5-9-16(3)11(2)12-6-7-13(18)17(15-12)10-8-14;1-4-6(3)5-2/h4-7,9,11H,1,8,10,14H2,2-3H3;4-5H2,1-3H3/b9-5-;.